The summed E-state index contributed by atoms with van der Waals surface area (Å²) in [5, 5.41) is 9.56. The molecule has 0 aromatic carbocycles. The van der Waals surface area contributed by atoms with E-state index in [1.54, 1.807) is 11.3 Å². The number of aryl methyl sites for hydroxylation is 1. The summed E-state index contributed by atoms with van der Waals surface area (Å²) < 4.78 is 1.90. The van der Waals surface area contributed by atoms with Crippen molar-refractivity contribution in [2.45, 2.75) is 32.4 Å². The number of rotatable bonds is 6. The van der Waals surface area contributed by atoms with Gasteiger partial charge in [0.1, 0.15) is 0 Å². The summed E-state index contributed by atoms with van der Waals surface area (Å²) >= 11 is 1.74. The van der Waals surface area contributed by atoms with Gasteiger partial charge in [-0.2, -0.15) is 5.10 Å². The van der Waals surface area contributed by atoms with Crippen LogP contribution in [0, 0.1) is 6.92 Å². The highest BCUT2D eigenvalue weighted by Gasteiger charge is 2.29. The highest BCUT2D eigenvalue weighted by atomic mass is 32.1. The van der Waals surface area contributed by atoms with E-state index >= 15 is 0 Å². The van der Waals surface area contributed by atoms with Crippen LogP contribution in [0.25, 0.3) is 0 Å². The summed E-state index contributed by atoms with van der Waals surface area (Å²) in [5.74, 6) is 0.201. The van der Waals surface area contributed by atoms with Crippen LogP contribution in [0.4, 0.5) is 0 Å². The summed E-state index contributed by atoms with van der Waals surface area (Å²) in [7, 11) is 0. The van der Waals surface area contributed by atoms with Gasteiger partial charge in [0.2, 0.25) is 5.91 Å². The lowest BCUT2D eigenvalue weighted by Crippen LogP contribution is -2.38. The van der Waals surface area contributed by atoms with Gasteiger partial charge in [0, 0.05) is 24.2 Å². The Morgan fingerprint density at radius 2 is 2.45 bits per heavy atom. The molecule has 1 amide bonds. The van der Waals surface area contributed by atoms with E-state index in [0.29, 0.717) is 6.54 Å². The van der Waals surface area contributed by atoms with Gasteiger partial charge in [-0.1, -0.05) is 6.07 Å². The van der Waals surface area contributed by atoms with E-state index in [0.717, 1.165) is 38.0 Å². The standard InChI is InChI=1S/C16H22N4OS/c1-13-10-18-19(12-13)8-6-17-11-16(21)20-7-2-4-14(20)15-5-3-9-22-15/h3,5,9-10,12,14,17H,2,4,6-8,11H2,1H3. The number of likely N-dealkylation sites (tertiary alicyclic amines) is 1. The predicted molar refractivity (Wildman–Crippen MR) is 87.8 cm³/mol. The van der Waals surface area contributed by atoms with Crippen molar-refractivity contribution in [2.75, 3.05) is 19.6 Å². The van der Waals surface area contributed by atoms with E-state index in [1.807, 2.05) is 28.9 Å². The zero-order valence-corrected chi connectivity index (χ0v) is 13.7. The molecule has 3 rings (SSSR count). The molecule has 2 aromatic heterocycles. The lowest BCUT2D eigenvalue weighted by atomic mass is 10.2. The summed E-state index contributed by atoms with van der Waals surface area (Å²) in [4.78, 5) is 15.7. The summed E-state index contributed by atoms with van der Waals surface area (Å²) in [6.45, 7) is 4.85. The second kappa shape index (κ2) is 7.07. The SMILES string of the molecule is Cc1cnn(CCNCC(=O)N2CCCC2c2cccs2)c1. The van der Waals surface area contributed by atoms with Crippen molar-refractivity contribution in [3.8, 4) is 0 Å². The Labute approximate surface area is 134 Å². The number of aromatic nitrogens is 2. The van der Waals surface area contributed by atoms with Crippen molar-refractivity contribution in [3.63, 3.8) is 0 Å². The molecule has 1 atom stereocenters. The van der Waals surface area contributed by atoms with Crippen LogP contribution < -0.4 is 5.32 Å². The molecule has 1 N–H and O–H groups in total. The van der Waals surface area contributed by atoms with Crippen LogP contribution in [0.2, 0.25) is 0 Å². The number of amides is 1. The predicted octanol–water partition coefficient (Wildman–Crippen LogP) is 2.21. The Balaban J connectivity index is 1.45. The Bertz CT molecular complexity index is 607. The Morgan fingerprint density at radius 3 is 3.18 bits per heavy atom. The fourth-order valence-corrected chi connectivity index (χ4v) is 3.80. The van der Waals surface area contributed by atoms with Gasteiger partial charge in [0.15, 0.2) is 0 Å². The fraction of sp³-hybridized carbons (Fsp3) is 0.500. The maximum atomic E-state index is 12.4. The normalized spacial score (nSPS) is 18.0. The average Bonchev–Trinajstić information content (AvgIpc) is 3.23. The van der Waals surface area contributed by atoms with E-state index in [2.05, 4.69) is 27.9 Å². The van der Waals surface area contributed by atoms with Gasteiger partial charge in [-0.3, -0.25) is 9.48 Å². The van der Waals surface area contributed by atoms with Crippen LogP contribution in [0.5, 0.6) is 0 Å². The Kier molecular flexibility index (Phi) is 4.90. The van der Waals surface area contributed by atoms with E-state index < -0.39 is 0 Å². The Hall–Kier alpha value is -1.66. The highest BCUT2D eigenvalue weighted by Crippen LogP contribution is 2.34. The zero-order chi connectivity index (χ0) is 15.4. The maximum Gasteiger partial charge on any atom is 0.237 e. The van der Waals surface area contributed by atoms with Crippen molar-refractivity contribution in [1.29, 1.82) is 0 Å². The smallest absolute Gasteiger partial charge is 0.237 e. The number of thiophene rings is 1. The van der Waals surface area contributed by atoms with E-state index in [1.165, 1.54) is 4.88 Å². The van der Waals surface area contributed by atoms with Crippen molar-refractivity contribution in [3.05, 3.63) is 40.3 Å². The molecule has 1 unspecified atom stereocenters. The summed E-state index contributed by atoms with van der Waals surface area (Å²) in [6, 6.07) is 4.47. The van der Waals surface area contributed by atoms with Crippen molar-refractivity contribution in [1.82, 2.24) is 20.0 Å². The van der Waals surface area contributed by atoms with Gasteiger partial charge in [0.25, 0.3) is 0 Å². The van der Waals surface area contributed by atoms with Crippen LogP contribution >= 0.6 is 11.3 Å². The highest BCUT2D eigenvalue weighted by molar-refractivity contribution is 7.10. The molecule has 1 aliphatic rings. The van der Waals surface area contributed by atoms with Crippen molar-refractivity contribution >= 4 is 17.2 Å². The number of hydrogen-bond acceptors (Lipinski definition) is 4. The quantitative estimate of drug-likeness (QED) is 0.831. The first kappa shape index (κ1) is 15.2. The molecule has 1 saturated heterocycles. The lowest BCUT2D eigenvalue weighted by Gasteiger charge is -2.24. The molecule has 0 aliphatic carbocycles. The molecule has 0 bridgehead atoms. The first-order valence-electron chi connectivity index (χ1n) is 7.76. The molecule has 1 aliphatic heterocycles. The van der Waals surface area contributed by atoms with Gasteiger partial charge >= 0.3 is 0 Å². The van der Waals surface area contributed by atoms with Gasteiger partial charge < -0.3 is 10.2 Å². The van der Waals surface area contributed by atoms with E-state index in [9.17, 15) is 4.79 Å². The molecule has 0 radical (unpaired) electrons. The number of nitrogens with zero attached hydrogens (tertiary/aromatic N) is 3. The summed E-state index contributed by atoms with van der Waals surface area (Å²) in [6.07, 6.45) is 6.04. The van der Waals surface area contributed by atoms with Crippen molar-refractivity contribution in [2.24, 2.45) is 0 Å². The third kappa shape index (κ3) is 3.56. The first-order valence-corrected chi connectivity index (χ1v) is 8.64. The number of carbonyl (C=O) groups is 1. The van der Waals surface area contributed by atoms with Crippen LogP contribution in [-0.4, -0.2) is 40.2 Å². The van der Waals surface area contributed by atoms with Gasteiger partial charge in [-0.05, 0) is 36.8 Å². The first-order chi connectivity index (χ1) is 10.7. The zero-order valence-electron chi connectivity index (χ0n) is 12.9. The molecule has 6 heteroatoms. The summed E-state index contributed by atoms with van der Waals surface area (Å²) in [5.41, 5.74) is 1.16. The molecular weight excluding hydrogens is 296 g/mol. The van der Waals surface area contributed by atoms with E-state index in [-0.39, 0.29) is 11.9 Å². The second-order valence-electron chi connectivity index (χ2n) is 5.72. The van der Waals surface area contributed by atoms with Gasteiger partial charge in [-0.15, -0.1) is 11.3 Å². The third-order valence-electron chi connectivity index (χ3n) is 4.00. The minimum absolute atomic E-state index is 0.201. The second-order valence-corrected chi connectivity index (χ2v) is 6.70. The topological polar surface area (TPSA) is 50.2 Å². The largest absolute Gasteiger partial charge is 0.334 e. The molecule has 5 nitrogen and oxygen atoms in total. The van der Waals surface area contributed by atoms with E-state index in [4.69, 9.17) is 0 Å². The molecule has 0 saturated carbocycles. The van der Waals surface area contributed by atoms with Gasteiger partial charge in [-0.25, -0.2) is 0 Å². The molecule has 22 heavy (non-hydrogen) atoms. The minimum atomic E-state index is 0.201. The number of hydrogen-bond donors (Lipinski definition) is 1. The maximum absolute atomic E-state index is 12.4. The van der Waals surface area contributed by atoms with Crippen LogP contribution in [0.1, 0.15) is 29.3 Å². The third-order valence-corrected chi connectivity index (χ3v) is 4.97. The molecule has 1 fully saturated rings. The average molecular weight is 318 g/mol. The van der Waals surface area contributed by atoms with Gasteiger partial charge in [0.05, 0.1) is 25.3 Å². The molecular formula is C16H22N4OS. The number of nitrogens with one attached hydrogen (secondary N) is 1. The number of carbonyl (C=O) groups excluding carboxylic acids is 1. The monoisotopic (exact) mass is 318 g/mol. The lowest BCUT2D eigenvalue weighted by molar-refractivity contribution is -0.131. The minimum Gasteiger partial charge on any atom is -0.334 e. The van der Waals surface area contributed by atoms with Crippen LogP contribution in [-0.2, 0) is 11.3 Å². The Morgan fingerprint density at radius 1 is 1.55 bits per heavy atom. The van der Waals surface area contributed by atoms with Crippen molar-refractivity contribution < 1.29 is 4.79 Å². The molecule has 0 spiro atoms. The van der Waals surface area contributed by atoms with Crippen LogP contribution in [0.3, 0.4) is 0 Å². The molecule has 3 heterocycles. The molecule has 118 valence electrons. The van der Waals surface area contributed by atoms with Crippen LogP contribution in [0.15, 0.2) is 29.9 Å². The molecule has 2 aromatic rings. The fourth-order valence-electron chi connectivity index (χ4n) is 2.92.